The van der Waals surface area contributed by atoms with Crippen molar-refractivity contribution in [1.29, 1.82) is 0 Å². The molecule has 3 rings (SSSR count). The van der Waals surface area contributed by atoms with Gasteiger partial charge in [-0.15, -0.1) is 11.8 Å². The van der Waals surface area contributed by atoms with E-state index in [0.717, 1.165) is 18.7 Å². The second kappa shape index (κ2) is 6.79. The van der Waals surface area contributed by atoms with Gasteiger partial charge in [-0.25, -0.2) is 14.8 Å². The van der Waals surface area contributed by atoms with Crippen molar-refractivity contribution in [1.82, 2.24) is 9.97 Å². The minimum absolute atomic E-state index is 0.130. The lowest BCUT2D eigenvalue weighted by Crippen LogP contribution is -2.10. The van der Waals surface area contributed by atoms with E-state index in [4.69, 9.17) is 0 Å². The van der Waals surface area contributed by atoms with Crippen LogP contribution in [0.4, 0.5) is 0 Å². The predicted molar refractivity (Wildman–Crippen MR) is 100 cm³/mol. The Hall–Kier alpha value is -1.88. The predicted octanol–water partition coefficient (Wildman–Crippen LogP) is 4.95. The van der Waals surface area contributed by atoms with Gasteiger partial charge in [-0.3, -0.25) is 0 Å². The second-order valence-electron chi connectivity index (χ2n) is 7.66. The number of nitrogens with zero attached hydrogens (tertiary/aromatic N) is 2. The molecule has 0 bridgehead atoms. The molecule has 1 aliphatic carbocycles. The van der Waals surface area contributed by atoms with Crippen molar-refractivity contribution in [2.45, 2.75) is 62.6 Å². The standard InChI is InChI=1S/C20H24N2O2S/c1-12-16(19(23)24)18(22-17(21-12)14-7-8-14)25-11-13-5-9-15(10-6-13)20(2,3)4/h5-6,9-10,14H,7-8,11H2,1-4H3,(H,23,24). The Labute approximate surface area is 153 Å². The molecule has 132 valence electrons. The number of carboxylic acid groups (broad SMARTS) is 1. The first-order chi connectivity index (χ1) is 11.8. The number of carboxylic acids is 1. The van der Waals surface area contributed by atoms with Gasteiger partial charge in [0.1, 0.15) is 16.4 Å². The fourth-order valence-electron chi connectivity index (χ4n) is 2.69. The summed E-state index contributed by atoms with van der Waals surface area (Å²) in [5.74, 6) is 0.955. The molecule has 0 amide bonds. The number of benzene rings is 1. The Bertz CT molecular complexity index is 791. The molecule has 1 fully saturated rings. The van der Waals surface area contributed by atoms with Crippen LogP contribution in [0.3, 0.4) is 0 Å². The molecule has 5 heteroatoms. The average Bonchev–Trinajstić information content (AvgIpc) is 3.36. The smallest absolute Gasteiger partial charge is 0.340 e. The number of thioether (sulfide) groups is 1. The summed E-state index contributed by atoms with van der Waals surface area (Å²) in [4.78, 5) is 20.6. The van der Waals surface area contributed by atoms with Crippen molar-refractivity contribution in [3.63, 3.8) is 0 Å². The fourth-order valence-corrected chi connectivity index (χ4v) is 3.73. The number of aromatic carboxylic acids is 1. The van der Waals surface area contributed by atoms with Gasteiger partial charge >= 0.3 is 5.97 Å². The molecule has 0 aliphatic heterocycles. The number of carbonyl (C=O) groups is 1. The third-order valence-corrected chi connectivity index (χ3v) is 5.47. The number of hydrogen-bond acceptors (Lipinski definition) is 4. The molecule has 25 heavy (non-hydrogen) atoms. The lowest BCUT2D eigenvalue weighted by Gasteiger charge is -2.19. The fraction of sp³-hybridized carbons (Fsp3) is 0.450. The van der Waals surface area contributed by atoms with Crippen LogP contribution in [-0.4, -0.2) is 21.0 Å². The quantitative estimate of drug-likeness (QED) is 0.606. The molecular formula is C20H24N2O2S. The van der Waals surface area contributed by atoms with Crippen LogP contribution in [0.5, 0.6) is 0 Å². The maximum Gasteiger partial charge on any atom is 0.340 e. The molecule has 4 nitrogen and oxygen atoms in total. The summed E-state index contributed by atoms with van der Waals surface area (Å²) >= 11 is 1.48. The zero-order valence-corrected chi connectivity index (χ0v) is 16.0. The zero-order chi connectivity index (χ0) is 18.2. The van der Waals surface area contributed by atoms with Crippen molar-refractivity contribution in [3.05, 3.63) is 52.5 Å². The van der Waals surface area contributed by atoms with Crippen molar-refractivity contribution in [2.75, 3.05) is 0 Å². The molecule has 1 aromatic heterocycles. The van der Waals surface area contributed by atoms with E-state index in [1.165, 1.54) is 22.9 Å². The Kier molecular flexibility index (Phi) is 4.87. The number of rotatable bonds is 5. The largest absolute Gasteiger partial charge is 0.478 e. The van der Waals surface area contributed by atoms with Crippen molar-refractivity contribution >= 4 is 17.7 Å². The number of aromatic nitrogens is 2. The highest BCUT2D eigenvalue weighted by atomic mass is 32.2. The van der Waals surface area contributed by atoms with Crippen LogP contribution in [0.25, 0.3) is 0 Å². The average molecular weight is 356 g/mol. The maximum absolute atomic E-state index is 11.6. The SMILES string of the molecule is Cc1nc(C2CC2)nc(SCc2ccc(C(C)(C)C)cc2)c1C(=O)O. The van der Waals surface area contributed by atoms with E-state index >= 15 is 0 Å². The summed E-state index contributed by atoms with van der Waals surface area (Å²) in [6, 6.07) is 8.53. The highest BCUT2D eigenvalue weighted by molar-refractivity contribution is 7.98. The Morgan fingerprint density at radius 3 is 2.36 bits per heavy atom. The second-order valence-corrected chi connectivity index (χ2v) is 8.63. The van der Waals surface area contributed by atoms with Crippen molar-refractivity contribution in [3.8, 4) is 0 Å². The molecule has 0 saturated heterocycles. The first-order valence-electron chi connectivity index (χ1n) is 8.60. The molecule has 0 spiro atoms. The van der Waals surface area contributed by atoms with Gasteiger partial charge < -0.3 is 5.11 Å². The lowest BCUT2D eigenvalue weighted by atomic mass is 9.87. The van der Waals surface area contributed by atoms with Crippen LogP contribution in [-0.2, 0) is 11.2 Å². The van der Waals surface area contributed by atoms with E-state index in [0.29, 0.717) is 22.4 Å². The molecule has 1 aromatic carbocycles. The van der Waals surface area contributed by atoms with Crippen LogP contribution in [0.1, 0.15) is 72.5 Å². The molecular weight excluding hydrogens is 332 g/mol. The van der Waals surface area contributed by atoms with Gasteiger partial charge in [-0.05, 0) is 36.3 Å². The number of aryl methyl sites for hydroxylation is 1. The van der Waals surface area contributed by atoms with Gasteiger partial charge in [0.05, 0.1) is 5.69 Å². The summed E-state index contributed by atoms with van der Waals surface area (Å²) in [6.45, 7) is 8.34. The summed E-state index contributed by atoms with van der Waals surface area (Å²) < 4.78 is 0. The van der Waals surface area contributed by atoms with Crippen molar-refractivity contribution < 1.29 is 9.90 Å². The van der Waals surface area contributed by atoms with Crippen LogP contribution < -0.4 is 0 Å². The van der Waals surface area contributed by atoms with Crippen LogP contribution in [0.15, 0.2) is 29.3 Å². The topological polar surface area (TPSA) is 63.1 Å². The van der Waals surface area contributed by atoms with Gasteiger partial charge in [0.25, 0.3) is 0 Å². The monoisotopic (exact) mass is 356 g/mol. The van der Waals surface area contributed by atoms with E-state index in [9.17, 15) is 9.90 Å². The molecule has 1 saturated carbocycles. The van der Waals surface area contributed by atoms with Crippen molar-refractivity contribution in [2.24, 2.45) is 0 Å². The van der Waals surface area contributed by atoms with Crippen LogP contribution in [0, 0.1) is 6.92 Å². The Morgan fingerprint density at radius 2 is 1.84 bits per heavy atom. The molecule has 0 unspecified atom stereocenters. The normalized spacial score (nSPS) is 14.6. The molecule has 0 radical (unpaired) electrons. The Morgan fingerprint density at radius 1 is 1.20 bits per heavy atom. The molecule has 1 N–H and O–H groups in total. The summed E-state index contributed by atoms with van der Waals surface area (Å²) in [7, 11) is 0. The highest BCUT2D eigenvalue weighted by Crippen LogP contribution is 2.39. The van der Waals surface area contributed by atoms with E-state index < -0.39 is 5.97 Å². The molecule has 2 aromatic rings. The molecule has 1 heterocycles. The zero-order valence-electron chi connectivity index (χ0n) is 15.2. The van der Waals surface area contributed by atoms with Crippen LogP contribution >= 0.6 is 11.8 Å². The Balaban J connectivity index is 1.81. The molecule has 0 atom stereocenters. The van der Waals surface area contributed by atoms with E-state index in [1.54, 1.807) is 6.92 Å². The summed E-state index contributed by atoms with van der Waals surface area (Å²) in [6.07, 6.45) is 2.20. The van der Waals surface area contributed by atoms with Gasteiger partial charge in [-0.1, -0.05) is 45.0 Å². The first-order valence-corrected chi connectivity index (χ1v) is 9.58. The maximum atomic E-state index is 11.6. The minimum Gasteiger partial charge on any atom is -0.478 e. The van der Waals surface area contributed by atoms with Gasteiger partial charge in [0, 0.05) is 11.7 Å². The first kappa shape index (κ1) is 17.9. The molecule has 1 aliphatic rings. The lowest BCUT2D eigenvalue weighted by molar-refractivity contribution is 0.0690. The summed E-state index contributed by atoms with van der Waals surface area (Å²) in [5.41, 5.74) is 3.39. The van der Waals surface area contributed by atoms with Gasteiger partial charge in [0.2, 0.25) is 0 Å². The van der Waals surface area contributed by atoms with Crippen LogP contribution in [0.2, 0.25) is 0 Å². The third-order valence-electron chi connectivity index (χ3n) is 4.43. The number of hydrogen-bond donors (Lipinski definition) is 1. The highest BCUT2D eigenvalue weighted by Gasteiger charge is 2.29. The van der Waals surface area contributed by atoms with Gasteiger partial charge in [-0.2, -0.15) is 0 Å². The third kappa shape index (κ3) is 4.21. The summed E-state index contributed by atoms with van der Waals surface area (Å²) in [5, 5.41) is 10.1. The minimum atomic E-state index is -0.953. The van der Waals surface area contributed by atoms with E-state index in [-0.39, 0.29) is 11.0 Å². The van der Waals surface area contributed by atoms with E-state index in [1.807, 2.05) is 0 Å². The van der Waals surface area contributed by atoms with Gasteiger partial charge in [0.15, 0.2) is 0 Å². The van der Waals surface area contributed by atoms with E-state index in [2.05, 4.69) is 55.0 Å².